The van der Waals surface area contributed by atoms with Crippen molar-refractivity contribution in [3.8, 4) is 5.82 Å². The molecule has 0 bridgehead atoms. The first-order valence-corrected chi connectivity index (χ1v) is 10.6. The third-order valence-corrected chi connectivity index (χ3v) is 6.21. The van der Waals surface area contributed by atoms with Crippen LogP contribution in [0.15, 0.2) is 54.1 Å². The molecule has 1 aliphatic rings. The van der Waals surface area contributed by atoms with Crippen LogP contribution in [0, 0.1) is 0 Å². The normalized spacial score (nSPS) is 13.9. The number of hydrogen-bond donors (Lipinski definition) is 1. The van der Waals surface area contributed by atoms with Gasteiger partial charge in [0.2, 0.25) is 15.9 Å². The van der Waals surface area contributed by atoms with Crippen LogP contribution in [0.1, 0.15) is 24.5 Å². The van der Waals surface area contributed by atoms with E-state index in [2.05, 4.69) is 19.8 Å². The number of rotatable bonds is 5. The van der Waals surface area contributed by atoms with Crippen LogP contribution < -0.4 is 9.62 Å². The van der Waals surface area contributed by atoms with Crippen LogP contribution in [0.5, 0.6) is 0 Å². The van der Waals surface area contributed by atoms with E-state index in [1.54, 1.807) is 35.4 Å². The molecule has 1 aromatic carbocycles. The number of amides is 1. The third-order valence-electron chi connectivity index (χ3n) is 4.82. The number of nitrogens with zero attached hydrogens (tertiary/aromatic N) is 5. The summed E-state index contributed by atoms with van der Waals surface area (Å²) in [5.74, 6) is 0.465. The van der Waals surface area contributed by atoms with Gasteiger partial charge < -0.3 is 4.90 Å². The Morgan fingerprint density at radius 2 is 2.14 bits per heavy atom. The Bertz CT molecular complexity index is 1140. The number of carbonyl (C=O) groups is 1. The number of fused-ring (bicyclic) bond motifs is 1. The van der Waals surface area contributed by atoms with Gasteiger partial charge in [0.15, 0.2) is 5.82 Å². The molecule has 1 aliphatic heterocycles. The van der Waals surface area contributed by atoms with Crippen molar-refractivity contribution in [2.24, 2.45) is 0 Å². The molecule has 2 aromatic heterocycles. The molecule has 0 atom stereocenters. The van der Waals surface area contributed by atoms with E-state index in [9.17, 15) is 13.2 Å². The van der Waals surface area contributed by atoms with Gasteiger partial charge in [-0.25, -0.2) is 27.8 Å². The Labute approximate surface area is 168 Å². The van der Waals surface area contributed by atoms with Gasteiger partial charge in [0.25, 0.3) is 0 Å². The maximum absolute atomic E-state index is 12.9. The number of aryl methyl sites for hydroxylation is 1. The summed E-state index contributed by atoms with van der Waals surface area (Å²) in [6.07, 6.45) is 6.05. The number of sulfonamides is 1. The van der Waals surface area contributed by atoms with Crippen LogP contribution in [-0.4, -0.2) is 40.6 Å². The SMILES string of the molecule is CC(=O)N1CCCc2cc(S(=O)(=O)NCc3cccnc3-n3cncn3)ccc21. The smallest absolute Gasteiger partial charge is 0.240 e. The summed E-state index contributed by atoms with van der Waals surface area (Å²) in [4.78, 5) is 21.8. The van der Waals surface area contributed by atoms with Crippen molar-refractivity contribution < 1.29 is 13.2 Å². The largest absolute Gasteiger partial charge is 0.312 e. The van der Waals surface area contributed by atoms with E-state index in [-0.39, 0.29) is 17.3 Å². The zero-order valence-corrected chi connectivity index (χ0v) is 16.6. The molecule has 150 valence electrons. The van der Waals surface area contributed by atoms with Crippen molar-refractivity contribution >= 4 is 21.6 Å². The molecule has 0 unspecified atom stereocenters. The van der Waals surface area contributed by atoms with Crippen LogP contribution in [0.25, 0.3) is 5.82 Å². The van der Waals surface area contributed by atoms with Crippen LogP contribution in [0.2, 0.25) is 0 Å². The molecule has 0 saturated heterocycles. The van der Waals surface area contributed by atoms with E-state index in [1.165, 1.54) is 30.3 Å². The molecule has 3 heterocycles. The van der Waals surface area contributed by atoms with E-state index in [4.69, 9.17) is 0 Å². The first kappa shape index (κ1) is 19.2. The lowest BCUT2D eigenvalue weighted by atomic mass is 10.0. The number of anilines is 1. The molecule has 4 rings (SSSR count). The number of hydrogen-bond acceptors (Lipinski definition) is 6. The zero-order valence-electron chi connectivity index (χ0n) is 15.8. The quantitative estimate of drug-likeness (QED) is 0.679. The molecule has 0 spiro atoms. The molecule has 9 nitrogen and oxygen atoms in total. The fraction of sp³-hybridized carbons (Fsp3) is 0.263. The first-order valence-electron chi connectivity index (χ1n) is 9.15. The fourth-order valence-corrected chi connectivity index (χ4v) is 4.47. The van der Waals surface area contributed by atoms with E-state index >= 15 is 0 Å². The van der Waals surface area contributed by atoms with Gasteiger partial charge in [-0.3, -0.25) is 4.79 Å². The van der Waals surface area contributed by atoms with Gasteiger partial charge in [-0.1, -0.05) is 6.07 Å². The summed E-state index contributed by atoms with van der Waals surface area (Å²) < 4.78 is 29.8. The molecular formula is C19H20N6O3S. The Morgan fingerprint density at radius 3 is 2.90 bits per heavy atom. The maximum atomic E-state index is 12.9. The van der Waals surface area contributed by atoms with Crippen LogP contribution in [0.4, 0.5) is 5.69 Å². The second kappa shape index (κ2) is 7.72. The standard InChI is InChI=1S/C19H20N6O3S/c1-14(26)24-9-3-5-15-10-17(6-7-18(15)24)29(27,28)23-11-16-4-2-8-21-19(16)25-13-20-12-22-25/h2,4,6-8,10,12-13,23H,3,5,9,11H2,1H3. The molecular weight excluding hydrogens is 392 g/mol. The highest BCUT2D eigenvalue weighted by Gasteiger charge is 2.23. The van der Waals surface area contributed by atoms with Gasteiger partial charge >= 0.3 is 0 Å². The summed E-state index contributed by atoms with van der Waals surface area (Å²) in [6, 6.07) is 8.40. The molecule has 0 radical (unpaired) electrons. The second-order valence-corrected chi connectivity index (χ2v) is 8.48. The van der Waals surface area contributed by atoms with Crippen molar-refractivity contribution in [2.75, 3.05) is 11.4 Å². The summed E-state index contributed by atoms with van der Waals surface area (Å²) in [5, 5.41) is 4.05. The number of aromatic nitrogens is 4. The minimum atomic E-state index is -3.74. The topological polar surface area (TPSA) is 110 Å². The van der Waals surface area contributed by atoms with Crippen LogP contribution >= 0.6 is 0 Å². The number of nitrogens with one attached hydrogen (secondary N) is 1. The van der Waals surface area contributed by atoms with Gasteiger partial charge in [-0.05, 0) is 42.7 Å². The van der Waals surface area contributed by atoms with Gasteiger partial charge in [0.05, 0.1) is 4.90 Å². The number of benzene rings is 1. The molecule has 0 fully saturated rings. The van der Waals surface area contributed by atoms with Gasteiger partial charge in [0, 0.05) is 37.5 Å². The minimum absolute atomic E-state index is 0.0445. The highest BCUT2D eigenvalue weighted by molar-refractivity contribution is 7.89. The lowest BCUT2D eigenvalue weighted by molar-refractivity contribution is -0.116. The molecule has 29 heavy (non-hydrogen) atoms. The van der Waals surface area contributed by atoms with Gasteiger partial charge in [-0.2, -0.15) is 5.10 Å². The Balaban J connectivity index is 1.57. The van der Waals surface area contributed by atoms with Crippen molar-refractivity contribution in [1.29, 1.82) is 0 Å². The predicted octanol–water partition coefficient (Wildman–Crippen LogP) is 1.44. The molecule has 3 aromatic rings. The summed E-state index contributed by atoms with van der Waals surface area (Å²) >= 11 is 0. The molecule has 10 heteroatoms. The average molecular weight is 412 g/mol. The predicted molar refractivity (Wildman–Crippen MR) is 106 cm³/mol. The monoisotopic (exact) mass is 412 g/mol. The minimum Gasteiger partial charge on any atom is -0.312 e. The Morgan fingerprint density at radius 1 is 1.28 bits per heavy atom. The number of pyridine rings is 1. The lowest BCUT2D eigenvalue weighted by Gasteiger charge is -2.28. The second-order valence-electron chi connectivity index (χ2n) is 6.72. The first-order chi connectivity index (χ1) is 14.0. The maximum Gasteiger partial charge on any atom is 0.240 e. The van der Waals surface area contributed by atoms with Crippen molar-refractivity contribution in [3.63, 3.8) is 0 Å². The average Bonchev–Trinajstić information content (AvgIpc) is 3.26. The van der Waals surface area contributed by atoms with Gasteiger partial charge in [0.1, 0.15) is 12.7 Å². The molecule has 1 amide bonds. The van der Waals surface area contributed by atoms with Crippen molar-refractivity contribution in [2.45, 2.75) is 31.2 Å². The van der Waals surface area contributed by atoms with E-state index in [1.807, 2.05) is 0 Å². The summed E-state index contributed by atoms with van der Waals surface area (Å²) in [7, 11) is -3.74. The molecule has 0 saturated carbocycles. The van der Waals surface area contributed by atoms with E-state index < -0.39 is 10.0 Å². The van der Waals surface area contributed by atoms with Crippen molar-refractivity contribution in [3.05, 3.63) is 60.3 Å². The number of carbonyl (C=O) groups excluding carboxylic acids is 1. The van der Waals surface area contributed by atoms with E-state index in [0.29, 0.717) is 17.9 Å². The van der Waals surface area contributed by atoms with E-state index in [0.717, 1.165) is 24.1 Å². The lowest BCUT2D eigenvalue weighted by Crippen LogP contribution is -2.33. The van der Waals surface area contributed by atoms with Crippen LogP contribution in [-0.2, 0) is 27.8 Å². The van der Waals surface area contributed by atoms with Crippen molar-refractivity contribution in [1.82, 2.24) is 24.5 Å². The Kier molecular flexibility index (Phi) is 5.12. The fourth-order valence-electron chi connectivity index (χ4n) is 3.42. The van der Waals surface area contributed by atoms with Gasteiger partial charge in [-0.15, -0.1) is 0 Å². The highest BCUT2D eigenvalue weighted by Crippen LogP contribution is 2.29. The highest BCUT2D eigenvalue weighted by atomic mass is 32.2. The summed E-state index contributed by atoms with van der Waals surface area (Å²) in [5.41, 5.74) is 2.31. The Hall–Kier alpha value is -3.11. The molecule has 0 aliphatic carbocycles. The third kappa shape index (κ3) is 3.89. The summed E-state index contributed by atoms with van der Waals surface area (Å²) in [6.45, 7) is 2.22. The zero-order chi connectivity index (χ0) is 20.4. The van der Waals surface area contributed by atoms with Crippen LogP contribution in [0.3, 0.4) is 0 Å². The molecule has 1 N–H and O–H groups in total.